The summed E-state index contributed by atoms with van der Waals surface area (Å²) in [5, 5.41) is 2.16. The molecule has 0 radical (unpaired) electrons. The molecule has 398 valence electrons. The van der Waals surface area contributed by atoms with Gasteiger partial charge in [-0.1, -0.05) is 60.7 Å². The Bertz CT molecular complexity index is 3070. The standard InChI is InChI=1S/C27H31BN2O3.C21H19BrN2O.C12H24B2O4/c1-18-12-25-22(15-24(18)29-6)23(28-32-26(2,3)27(4,5)33-28)16-30(25)20-13-21(14-20)31-17-19-10-8-7-9-11-19;1-14-8-21-18(11-20(14)23-2)19(22)12-24(21)16-9-17(10-16)25-13-15-6-4-3-5-7-15;1-9(2)10(3,4)16-13(15-9)14-17-11(5,6)12(7,8)18-14/h7-12,15-16,20-21H,13-14,17H2,1-5H3;3-8,11-12,16-17H,9-10,13H2,1H3;1-8H3. The van der Waals surface area contributed by atoms with Crippen LogP contribution in [0.5, 0.6) is 0 Å². The van der Waals surface area contributed by atoms with Crippen LogP contribution in [0.15, 0.2) is 102 Å². The summed E-state index contributed by atoms with van der Waals surface area (Å²) in [7, 11) is -1.41. The van der Waals surface area contributed by atoms with Crippen LogP contribution in [0.4, 0.5) is 11.4 Å². The fourth-order valence-corrected chi connectivity index (χ4v) is 10.7. The van der Waals surface area contributed by atoms with E-state index in [0.29, 0.717) is 37.1 Å². The van der Waals surface area contributed by atoms with Crippen LogP contribution in [0, 0.1) is 27.0 Å². The minimum atomic E-state index is -0.476. The molecule has 0 amide bonds. The second-order valence-corrected chi connectivity index (χ2v) is 25.2. The van der Waals surface area contributed by atoms with Crippen molar-refractivity contribution in [2.75, 3.05) is 0 Å². The van der Waals surface area contributed by atoms with Gasteiger partial charge in [0.05, 0.1) is 72.2 Å². The molecule has 5 fully saturated rings. The maximum Gasteiger partial charge on any atom is 0.496 e. The Balaban J connectivity index is 0.000000146. The lowest BCUT2D eigenvalue weighted by atomic mass is 9.49. The highest BCUT2D eigenvalue weighted by Crippen LogP contribution is 2.45. The van der Waals surface area contributed by atoms with E-state index in [-0.39, 0.29) is 28.5 Å². The summed E-state index contributed by atoms with van der Waals surface area (Å²) in [4.78, 5) is 7.35. The molecule has 0 atom stereocenters. The largest absolute Gasteiger partial charge is 0.496 e. The van der Waals surface area contributed by atoms with Crippen LogP contribution in [-0.2, 0) is 50.6 Å². The van der Waals surface area contributed by atoms with E-state index in [1.807, 2.05) is 118 Å². The first kappa shape index (κ1) is 56.0. The molecule has 0 bridgehead atoms. The number of ether oxygens (including phenoxy) is 2. The number of fused-ring (bicyclic) bond motifs is 2. The Hall–Kier alpha value is -4.71. The number of benzene rings is 4. The Labute approximate surface area is 460 Å². The van der Waals surface area contributed by atoms with Gasteiger partial charge in [0.25, 0.3) is 0 Å². The number of aryl methyl sites for hydroxylation is 2. The molecule has 5 heterocycles. The second kappa shape index (κ2) is 21.2. The number of rotatable bonds is 10. The molecule has 2 aromatic heterocycles. The lowest BCUT2D eigenvalue weighted by Crippen LogP contribution is -2.41. The summed E-state index contributed by atoms with van der Waals surface area (Å²) in [6, 6.07) is 29.7. The van der Waals surface area contributed by atoms with E-state index in [9.17, 15) is 0 Å². The third-order valence-electron chi connectivity index (χ3n) is 17.4. The third kappa shape index (κ3) is 11.1. The Kier molecular flexibility index (Phi) is 15.6. The fourth-order valence-electron chi connectivity index (χ4n) is 10.1. The van der Waals surface area contributed by atoms with E-state index >= 15 is 0 Å². The van der Waals surface area contributed by atoms with Gasteiger partial charge in [0.15, 0.2) is 11.4 Å². The third-order valence-corrected chi connectivity index (χ3v) is 18.0. The summed E-state index contributed by atoms with van der Waals surface area (Å²) < 4.78 is 54.5. The fraction of sp³-hybridized carbons (Fsp3) is 0.500. The molecule has 0 N–H and O–H groups in total. The first-order valence-corrected chi connectivity index (χ1v) is 27.6. The van der Waals surface area contributed by atoms with Crippen molar-refractivity contribution in [3.05, 3.63) is 147 Å². The molecular formula is C60H74B3BrN4O8. The van der Waals surface area contributed by atoms with Crippen molar-refractivity contribution in [1.82, 2.24) is 9.13 Å². The lowest BCUT2D eigenvalue weighted by Gasteiger charge is -2.36. The van der Waals surface area contributed by atoms with Crippen LogP contribution in [0.25, 0.3) is 31.5 Å². The molecule has 76 heavy (non-hydrogen) atoms. The van der Waals surface area contributed by atoms with E-state index in [1.54, 1.807) is 0 Å². The van der Waals surface area contributed by atoms with Crippen molar-refractivity contribution < 1.29 is 37.4 Å². The second-order valence-electron chi connectivity index (χ2n) is 24.3. The average Bonchev–Trinajstić information content (AvgIpc) is 4.09. The van der Waals surface area contributed by atoms with Gasteiger partial charge in [-0.2, -0.15) is 0 Å². The molecule has 0 unspecified atom stereocenters. The van der Waals surface area contributed by atoms with Crippen molar-refractivity contribution in [2.24, 2.45) is 0 Å². The Morgan fingerprint density at radius 3 is 1.28 bits per heavy atom. The normalized spacial score (nSPS) is 24.2. The number of nitrogens with zero attached hydrogens (tertiary/aromatic N) is 4. The van der Waals surface area contributed by atoms with E-state index in [4.69, 9.17) is 50.5 Å². The molecule has 2 aliphatic carbocycles. The van der Waals surface area contributed by atoms with E-state index < -0.39 is 32.3 Å². The monoisotopic (exact) mass is 1090 g/mol. The van der Waals surface area contributed by atoms with Crippen molar-refractivity contribution in [3.63, 3.8) is 0 Å². The predicted molar refractivity (Wildman–Crippen MR) is 308 cm³/mol. The molecule has 11 rings (SSSR count). The van der Waals surface area contributed by atoms with Gasteiger partial charge in [-0.15, -0.1) is 0 Å². The van der Waals surface area contributed by atoms with Gasteiger partial charge in [-0.05, 0) is 190 Å². The summed E-state index contributed by atoms with van der Waals surface area (Å²) in [5.41, 5.74) is 6.93. The highest BCUT2D eigenvalue weighted by atomic mass is 79.9. The first-order chi connectivity index (χ1) is 35.7. The molecule has 6 aromatic rings. The van der Waals surface area contributed by atoms with Crippen LogP contribution in [0.3, 0.4) is 0 Å². The predicted octanol–water partition coefficient (Wildman–Crippen LogP) is 14.2. The quantitative estimate of drug-likeness (QED) is 0.0989. The van der Waals surface area contributed by atoms with E-state index in [2.05, 4.69) is 111 Å². The van der Waals surface area contributed by atoms with Crippen LogP contribution in [-0.4, -0.2) is 76.1 Å². The van der Waals surface area contributed by atoms with Gasteiger partial charge in [-0.3, -0.25) is 0 Å². The summed E-state index contributed by atoms with van der Waals surface area (Å²) in [6.45, 7) is 44.7. The molecule has 3 saturated heterocycles. The number of aromatic nitrogens is 2. The van der Waals surface area contributed by atoms with Gasteiger partial charge in [0, 0.05) is 50.8 Å². The Morgan fingerprint density at radius 2 is 0.882 bits per heavy atom. The van der Waals surface area contributed by atoms with Gasteiger partial charge in [0.1, 0.15) is 0 Å². The number of halogens is 1. The van der Waals surface area contributed by atoms with Crippen molar-refractivity contribution >= 4 is 75.7 Å². The maximum absolute atomic E-state index is 7.59. The molecule has 12 nitrogen and oxygen atoms in total. The maximum atomic E-state index is 7.59. The first-order valence-electron chi connectivity index (χ1n) is 26.8. The molecule has 0 spiro atoms. The van der Waals surface area contributed by atoms with Crippen LogP contribution < -0.4 is 5.46 Å². The molecular weight excluding hydrogens is 1020 g/mol. The highest BCUT2D eigenvalue weighted by Gasteiger charge is 2.64. The zero-order chi connectivity index (χ0) is 54.8. The van der Waals surface area contributed by atoms with Crippen molar-refractivity contribution in [2.45, 2.75) is 194 Å². The van der Waals surface area contributed by atoms with Crippen molar-refractivity contribution in [3.8, 4) is 0 Å². The smallest absolute Gasteiger partial charge is 0.405 e. The Morgan fingerprint density at radius 1 is 0.526 bits per heavy atom. The molecule has 3 aliphatic heterocycles. The number of hydrogen-bond donors (Lipinski definition) is 0. The zero-order valence-corrected chi connectivity index (χ0v) is 48.5. The minimum Gasteiger partial charge on any atom is -0.405 e. The van der Waals surface area contributed by atoms with Crippen molar-refractivity contribution in [1.29, 1.82) is 0 Å². The van der Waals surface area contributed by atoms with E-state index in [1.165, 1.54) is 16.6 Å². The molecule has 16 heteroatoms. The van der Waals surface area contributed by atoms with Gasteiger partial charge >= 0.3 is 21.1 Å². The van der Waals surface area contributed by atoms with E-state index in [0.717, 1.165) is 68.7 Å². The lowest BCUT2D eigenvalue weighted by molar-refractivity contribution is -0.0348. The van der Waals surface area contributed by atoms with Crippen LogP contribution >= 0.6 is 15.9 Å². The minimum absolute atomic E-state index is 0.261. The van der Waals surface area contributed by atoms with Crippen LogP contribution in [0.1, 0.15) is 143 Å². The molecule has 4 aromatic carbocycles. The molecule has 5 aliphatic rings. The summed E-state index contributed by atoms with van der Waals surface area (Å²) in [6.07, 6.45) is 8.93. The zero-order valence-electron chi connectivity index (χ0n) is 47.0. The summed E-state index contributed by atoms with van der Waals surface area (Å²) >= 11 is 3.65. The highest BCUT2D eigenvalue weighted by molar-refractivity contribution is 9.10. The SMILES string of the molecule is CC1(C)OB(B2OC(C)(C)C(C)(C)O2)OC1(C)C.[C-]#[N+]c1cc2c(B3OC(C)(C)C(C)(C)O3)cn(C3CC(OCc4ccccc4)C3)c2cc1C.[C-]#[N+]c1cc2c(Br)cn(C3CC(OCc4ccccc4)C3)c2cc1C. The molecule has 2 saturated carbocycles. The van der Waals surface area contributed by atoms with Gasteiger partial charge in [-0.25, -0.2) is 9.69 Å². The van der Waals surface area contributed by atoms with Gasteiger partial charge in [0.2, 0.25) is 0 Å². The van der Waals surface area contributed by atoms with Gasteiger partial charge < -0.3 is 46.5 Å². The average molecular weight is 1090 g/mol. The van der Waals surface area contributed by atoms with Crippen LogP contribution in [0.2, 0.25) is 0 Å². The summed E-state index contributed by atoms with van der Waals surface area (Å²) in [5.74, 6) is 0. The number of hydrogen-bond acceptors (Lipinski definition) is 8. The topological polar surface area (TPSA) is 92.4 Å².